The smallest absolute Gasteiger partial charge is 0.287 e. The van der Waals surface area contributed by atoms with E-state index in [9.17, 15) is 0 Å². The minimum absolute atomic E-state index is 0.465. The standard InChI is InChI=1S/C6H8O3/c1-7-5-3-4-6(8-2)9-5/h3-4H,1-2H3. The van der Waals surface area contributed by atoms with Crippen LogP contribution in [-0.2, 0) is 0 Å². The zero-order valence-electron chi connectivity index (χ0n) is 5.38. The molecule has 50 valence electrons. The molecule has 3 nitrogen and oxygen atoms in total. The monoisotopic (exact) mass is 128 g/mol. The van der Waals surface area contributed by atoms with Crippen molar-refractivity contribution >= 4 is 0 Å². The fraction of sp³-hybridized carbons (Fsp3) is 0.333. The normalized spacial score (nSPS) is 9.11. The number of hydrogen-bond acceptors (Lipinski definition) is 3. The molecule has 1 heterocycles. The third kappa shape index (κ3) is 1.16. The van der Waals surface area contributed by atoms with Crippen molar-refractivity contribution < 1.29 is 13.9 Å². The molecule has 1 rings (SSSR count). The van der Waals surface area contributed by atoms with Gasteiger partial charge in [0.15, 0.2) is 0 Å². The molecule has 0 aliphatic rings. The highest BCUT2D eigenvalue weighted by molar-refractivity contribution is 5.15. The third-order valence-electron chi connectivity index (χ3n) is 0.959. The Morgan fingerprint density at radius 3 is 1.78 bits per heavy atom. The summed E-state index contributed by atoms with van der Waals surface area (Å²) in [5.41, 5.74) is 0. The van der Waals surface area contributed by atoms with Crippen LogP contribution < -0.4 is 9.47 Å². The third-order valence-corrected chi connectivity index (χ3v) is 0.959. The van der Waals surface area contributed by atoms with E-state index in [1.165, 1.54) is 14.2 Å². The number of methoxy groups -OCH3 is 2. The first-order valence-corrected chi connectivity index (χ1v) is 2.54. The first kappa shape index (κ1) is 6.01. The van der Waals surface area contributed by atoms with E-state index in [1.54, 1.807) is 12.1 Å². The summed E-state index contributed by atoms with van der Waals surface area (Å²) in [6.45, 7) is 0. The summed E-state index contributed by atoms with van der Waals surface area (Å²) < 4.78 is 14.4. The predicted octanol–water partition coefficient (Wildman–Crippen LogP) is 1.30. The molecule has 0 saturated heterocycles. The molecule has 0 bridgehead atoms. The van der Waals surface area contributed by atoms with Gasteiger partial charge in [-0.15, -0.1) is 0 Å². The Morgan fingerprint density at radius 1 is 1.11 bits per heavy atom. The van der Waals surface area contributed by atoms with Gasteiger partial charge in [-0.2, -0.15) is 0 Å². The summed E-state index contributed by atoms with van der Waals surface area (Å²) in [6.07, 6.45) is 0. The molecule has 0 atom stereocenters. The molecular formula is C6H8O3. The molecule has 0 aliphatic heterocycles. The molecule has 1 aromatic rings. The number of hydrogen-bond donors (Lipinski definition) is 0. The van der Waals surface area contributed by atoms with Gasteiger partial charge in [0.05, 0.1) is 14.2 Å². The Bertz CT molecular complexity index is 162. The lowest BCUT2D eigenvalue weighted by atomic mass is 10.6. The molecule has 0 saturated carbocycles. The van der Waals surface area contributed by atoms with Gasteiger partial charge in [0.25, 0.3) is 11.9 Å². The largest absolute Gasteiger partial charge is 0.468 e. The van der Waals surface area contributed by atoms with E-state index in [2.05, 4.69) is 0 Å². The van der Waals surface area contributed by atoms with Crippen LogP contribution in [0.25, 0.3) is 0 Å². The Kier molecular flexibility index (Phi) is 1.63. The minimum Gasteiger partial charge on any atom is -0.468 e. The summed E-state index contributed by atoms with van der Waals surface area (Å²) in [5.74, 6) is 0.929. The number of furan rings is 1. The summed E-state index contributed by atoms with van der Waals surface area (Å²) in [7, 11) is 3.08. The van der Waals surface area contributed by atoms with Crippen molar-refractivity contribution in [2.45, 2.75) is 0 Å². The van der Waals surface area contributed by atoms with Gasteiger partial charge < -0.3 is 13.9 Å². The van der Waals surface area contributed by atoms with Crippen molar-refractivity contribution in [3.63, 3.8) is 0 Å². The van der Waals surface area contributed by atoms with Crippen molar-refractivity contribution in [2.75, 3.05) is 14.2 Å². The quantitative estimate of drug-likeness (QED) is 0.601. The first-order chi connectivity index (χ1) is 4.36. The zero-order valence-corrected chi connectivity index (χ0v) is 5.38. The summed E-state index contributed by atoms with van der Waals surface area (Å²) in [4.78, 5) is 0. The average molecular weight is 128 g/mol. The van der Waals surface area contributed by atoms with Gasteiger partial charge in [0.1, 0.15) is 0 Å². The molecular weight excluding hydrogens is 120 g/mol. The lowest BCUT2D eigenvalue weighted by molar-refractivity contribution is 0.244. The number of rotatable bonds is 2. The minimum atomic E-state index is 0.465. The van der Waals surface area contributed by atoms with Crippen LogP contribution in [0.4, 0.5) is 0 Å². The maximum absolute atomic E-state index is 4.94. The van der Waals surface area contributed by atoms with Gasteiger partial charge in [-0.3, -0.25) is 0 Å². The average Bonchev–Trinajstić information content (AvgIpc) is 2.34. The van der Waals surface area contributed by atoms with Crippen LogP contribution in [-0.4, -0.2) is 14.2 Å². The van der Waals surface area contributed by atoms with E-state index in [-0.39, 0.29) is 0 Å². The van der Waals surface area contributed by atoms with Crippen LogP contribution in [0, 0.1) is 0 Å². The van der Waals surface area contributed by atoms with E-state index in [4.69, 9.17) is 13.9 Å². The summed E-state index contributed by atoms with van der Waals surface area (Å²) in [5, 5.41) is 0. The van der Waals surface area contributed by atoms with Crippen molar-refractivity contribution in [3.05, 3.63) is 12.1 Å². The van der Waals surface area contributed by atoms with Crippen molar-refractivity contribution in [3.8, 4) is 11.9 Å². The van der Waals surface area contributed by atoms with Crippen LogP contribution in [0.5, 0.6) is 11.9 Å². The fourth-order valence-corrected chi connectivity index (χ4v) is 0.523. The van der Waals surface area contributed by atoms with E-state index in [1.807, 2.05) is 0 Å². The predicted molar refractivity (Wildman–Crippen MR) is 31.8 cm³/mol. The second kappa shape index (κ2) is 2.44. The Labute approximate surface area is 53.2 Å². The lowest BCUT2D eigenvalue weighted by Crippen LogP contribution is -1.78. The molecule has 0 unspecified atom stereocenters. The van der Waals surface area contributed by atoms with E-state index in [0.717, 1.165) is 0 Å². The molecule has 0 N–H and O–H groups in total. The Balaban J connectivity index is 2.74. The molecule has 3 heteroatoms. The second-order valence-corrected chi connectivity index (χ2v) is 1.48. The second-order valence-electron chi connectivity index (χ2n) is 1.48. The topological polar surface area (TPSA) is 31.6 Å². The SMILES string of the molecule is COc1ccc(OC)o1. The van der Waals surface area contributed by atoms with Crippen LogP contribution in [0.3, 0.4) is 0 Å². The number of ether oxygens (including phenoxy) is 2. The van der Waals surface area contributed by atoms with Gasteiger partial charge in [-0.1, -0.05) is 0 Å². The van der Waals surface area contributed by atoms with E-state index >= 15 is 0 Å². The summed E-state index contributed by atoms with van der Waals surface area (Å²) >= 11 is 0. The van der Waals surface area contributed by atoms with Gasteiger partial charge in [-0.05, 0) is 0 Å². The highest BCUT2D eigenvalue weighted by Crippen LogP contribution is 2.20. The molecule has 1 aromatic heterocycles. The molecule has 0 radical (unpaired) electrons. The van der Waals surface area contributed by atoms with Crippen LogP contribution in [0.1, 0.15) is 0 Å². The van der Waals surface area contributed by atoms with Crippen LogP contribution in [0.2, 0.25) is 0 Å². The fourth-order valence-electron chi connectivity index (χ4n) is 0.523. The molecule has 0 spiro atoms. The van der Waals surface area contributed by atoms with Crippen molar-refractivity contribution in [1.29, 1.82) is 0 Å². The maximum Gasteiger partial charge on any atom is 0.287 e. The molecule has 9 heavy (non-hydrogen) atoms. The zero-order chi connectivity index (χ0) is 6.69. The molecule has 0 amide bonds. The van der Waals surface area contributed by atoms with Crippen LogP contribution >= 0.6 is 0 Å². The highest BCUT2D eigenvalue weighted by atomic mass is 16.6. The van der Waals surface area contributed by atoms with Gasteiger partial charge in [0, 0.05) is 12.1 Å². The van der Waals surface area contributed by atoms with Gasteiger partial charge in [-0.25, -0.2) is 0 Å². The summed E-state index contributed by atoms with van der Waals surface area (Å²) in [6, 6.07) is 3.39. The highest BCUT2D eigenvalue weighted by Gasteiger charge is 1.97. The van der Waals surface area contributed by atoms with E-state index < -0.39 is 0 Å². The van der Waals surface area contributed by atoms with Crippen molar-refractivity contribution in [1.82, 2.24) is 0 Å². The molecule has 0 aliphatic carbocycles. The Hall–Kier alpha value is -1.12. The molecule has 0 fully saturated rings. The van der Waals surface area contributed by atoms with Crippen molar-refractivity contribution in [2.24, 2.45) is 0 Å². The maximum atomic E-state index is 4.94. The van der Waals surface area contributed by atoms with Gasteiger partial charge >= 0.3 is 0 Å². The molecule has 0 aromatic carbocycles. The Morgan fingerprint density at radius 2 is 1.56 bits per heavy atom. The lowest BCUT2D eigenvalue weighted by Gasteiger charge is -1.91. The van der Waals surface area contributed by atoms with Crippen LogP contribution in [0.15, 0.2) is 16.5 Å². The van der Waals surface area contributed by atoms with Gasteiger partial charge in [0.2, 0.25) is 0 Å². The first-order valence-electron chi connectivity index (χ1n) is 2.54. The van der Waals surface area contributed by atoms with E-state index in [0.29, 0.717) is 11.9 Å².